The summed E-state index contributed by atoms with van der Waals surface area (Å²) in [5.41, 5.74) is 5.07. The first kappa shape index (κ1) is 22.4. The summed E-state index contributed by atoms with van der Waals surface area (Å²) >= 11 is 1.90. The molecular weight excluding hydrogens is 420 g/mol. The van der Waals surface area contributed by atoms with Crippen LogP contribution in [0.3, 0.4) is 0 Å². The van der Waals surface area contributed by atoms with Crippen LogP contribution in [0, 0.1) is 0 Å². The molecule has 0 radical (unpaired) electrons. The molecule has 166 valence electrons. The van der Waals surface area contributed by atoms with Gasteiger partial charge in [0, 0.05) is 29.6 Å². The molecule has 0 aromatic heterocycles. The average Bonchev–Trinajstić information content (AvgIpc) is 2.97. The van der Waals surface area contributed by atoms with E-state index in [1.54, 1.807) is 6.92 Å². The predicted octanol–water partition coefficient (Wildman–Crippen LogP) is 5.93. The van der Waals surface area contributed by atoms with E-state index >= 15 is 0 Å². The van der Waals surface area contributed by atoms with Gasteiger partial charge in [-0.05, 0) is 53.8 Å². The normalized spacial score (nSPS) is 15.8. The fraction of sp³-hybridized carbons (Fsp3) is 0.296. The molecular formula is C27H28O4S. The second-order valence-electron chi connectivity index (χ2n) is 7.85. The zero-order valence-electron chi connectivity index (χ0n) is 18.2. The molecule has 0 saturated heterocycles. The van der Waals surface area contributed by atoms with Gasteiger partial charge in [-0.2, -0.15) is 0 Å². The molecule has 1 N–H and O–H groups in total. The van der Waals surface area contributed by atoms with Gasteiger partial charge in [0.15, 0.2) is 6.10 Å². The van der Waals surface area contributed by atoms with Crippen molar-refractivity contribution in [3.63, 3.8) is 0 Å². The molecule has 1 aliphatic rings. The Bertz CT molecular complexity index is 1000. The van der Waals surface area contributed by atoms with E-state index in [9.17, 15) is 9.90 Å². The van der Waals surface area contributed by atoms with Gasteiger partial charge >= 0.3 is 5.97 Å². The fourth-order valence-corrected chi connectivity index (χ4v) is 5.31. The third-order valence-electron chi connectivity index (χ3n) is 5.77. The lowest BCUT2D eigenvalue weighted by Crippen LogP contribution is -2.26. The van der Waals surface area contributed by atoms with Crippen molar-refractivity contribution in [1.29, 1.82) is 0 Å². The first-order valence-corrected chi connectivity index (χ1v) is 12.0. The monoisotopic (exact) mass is 448 g/mol. The third-order valence-corrected chi connectivity index (χ3v) is 6.91. The number of benzene rings is 3. The lowest BCUT2D eigenvalue weighted by molar-refractivity contribution is -0.149. The number of rotatable bonds is 9. The largest absolute Gasteiger partial charge is 0.494 e. The molecule has 3 aromatic carbocycles. The van der Waals surface area contributed by atoms with E-state index in [1.165, 1.54) is 21.6 Å². The highest BCUT2D eigenvalue weighted by Gasteiger charge is 2.23. The van der Waals surface area contributed by atoms with Gasteiger partial charge in [-0.15, -0.1) is 11.8 Å². The molecule has 4 nitrogen and oxygen atoms in total. The van der Waals surface area contributed by atoms with Gasteiger partial charge < -0.3 is 14.6 Å². The Kier molecular flexibility index (Phi) is 7.51. The van der Waals surface area contributed by atoms with Crippen molar-refractivity contribution in [3.8, 4) is 5.75 Å². The number of fused-ring (bicyclic) bond motifs is 2. The van der Waals surface area contributed by atoms with Crippen LogP contribution in [0.25, 0.3) is 0 Å². The zero-order valence-corrected chi connectivity index (χ0v) is 19.0. The van der Waals surface area contributed by atoms with E-state index in [0.29, 0.717) is 25.6 Å². The van der Waals surface area contributed by atoms with Gasteiger partial charge in [0.1, 0.15) is 5.75 Å². The fourth-order valence-electron chi connectivity index (χ4n) is 4.19. The molecule has 0 aliphatic carbocycles. The van der Waals surface area contributed by atoms with E-state index in [0.717, 1.165) is 23.5 Å². The van der Waals surface area contributed by atoms with Crippen molar-refractivity contribution in [2.75, 3.05) is 13.2 Å². The van der Waals surface area contributed by atoms with Crippen molar-refractivity contribution in [1.82, 2.24) is 0 Å². The summed E-state index contributed by atoms with van der Waals surface area (Å²) in [4.78, 5) is 12.6. The Balaban J connectivity index is 1.42. The molecule has 4 rings (SSSR count). The molecule has 32 heavy (non-hydrogen) atoms. The first-order valence-electron chi connectivity index (χ1n) is 11.0. The van der Waals surface area contributed by atoms with Crippen LogP contribution in [-0.4, -0.2) is 30.4 Å². The number of aliphatic carboxylic acids is 1. The highest BCUT2D eigenvalue weighted by molar-refractivity contribution is 7.98. The molecule has 0 amide bonds. The Hall–Kier alpha value is -2.76. The maximum Gasteiger partial charge on any atom is 0.333 e. The SMILES string of the molecule is CCOC(Cc1ccc(OCCC2c3ccccc3CSc3ccccc32)cc1)C(=O)O. The van der Waals surface area contributed by atoms with Gasteiger partial charge in [0.25, 0.3) is 0 Å². The number of ether oxygens (including phenoxy) is 2. The number of carboxylic acids is 1. The molecule has 0 bridgehead atoms. The average molecular weight is 449 g/mol. The molecule has 3 aromatic rings. The summed E-state index contributed by atoms with van der Waals surface area (Å²) in [6, 6.07) is 25.0. The molecule has 0 spiro atoms. The van der Waals surface area contributed by atoms with Gasteiger partial charge in [-0.3, -0.25) is 0 Å². The second-order valence-corrected chi connectivity index (χ2v) is 8.86. The number of carboxylic acid groups (broad SMARTS) is 1. The molecule has 0 fully saturated rings. The van der Waals surface area contributed by atoms with Gasteiger partial charge in [-0.25, -0.2) is 4.79 Å². The van der Waals surface area contributed by atoms with E-state index in [4.69, 9.17) is 9.47 Å². The zero-order chi connectivity index (χ0) is 22.3. The van der Waals surface area contributed by atoms with E-state index in [2.05, 4.69) is 48.5 Å². The maximum absolute atomic E-state index is 11.3. The smallest absolute Gasteiger partial charge is 0.333 e. The van der Waals surface area contributed by atoms with Crippen LogP contribution in [0.4, 0.5) is 0 Å². The van der Waals surface area contributed by atoms with Crippen LogP contribution in [0.1, 0.15) is 41.5 Å². The Morgan fingerprint density at radius 3 is 2.50 bits per heavy atom. The minimum atomic E-state index is -0.936. The highest BCUT2D eigenvalue weighted by atomic mass is 32.2. The van der Waals surface area contributed by atoms with Crippen LogP contribution in [0.2, 0.25) is 0 Å². The number of carbonyl (C=O) groups is 1. The predicted molar refractivity (Wildman–Crippen MR) is 128 cm³/mol. The number of thioether (sulfide) groups is 1. The van der Waals surface area contributed by atoms with Gasteiger partial charge in [0.05, 0.1) is 6.61 Å². The quantitative estimate of drug-likeness (QED) is 0.440. The minimum Gasteiger partial charge on any atom is -0.494 e. The van der Waals surface area contributed by atoms with Crippen molar-refractivity contribution in [3.05, 3.63) is 95.1 Å². The van der Waals surface area contributed by atoms with Crippen molar-refractivity contribution >= 4 is 17.7 Å². The molecule has 0 saturated carbocycles. The summed E-state index contributed by atoms with van der Waals surface area (Å²) in [7, 11) is 0. The topological polar surface area (TPSA) is 55.8 Å². The van der Waals surface area contributed by atoms with Crippen molar-refractivity contribution < 1.29 is 19.4 Å². The summed E-state index contributed by atoms with van der Waals surface area (Å²) in [5.74, 6) is 1.15. The summed E-state index contributed by atoms with van der Waals surface area (Å²) in [5, 5.41) is 9.27. The number of hydrogen-bond donors (Lipinski definition) is 1. The van der Waals surface area contributed by atoms with Crippen molar-refractivity contribution in [2.45, 2.75) is 42.4 Å². The molecule has 1 aliphatic heterocycles. The molecule has 2 unspecified atom stereocenters. The first-order chi connectivity index (χ1) is 15.7. The van der Waals surface area contributed by atoms with Crippen LogP contribution >= 0.6 is 11.8 Å². The van der Waals surface area contributed by atoms with E-state index < -0.39 is 12.1 Å². The van der Waals surface area contributed by atoms with E-state index in [-0.39, 0.29) is 0 Å². The summed E-state index contributed by atoms with van der Waals surface area (Å²) in [6.07, 6.45) is 0.415. The third kappa shape index (κ3) is 5.34. The lowest BCUT2D eigenvalue weighted by atomic mass is 9.86. The van der Waals surface area contributed by atoms with E-state index in [1.807, 2.05) is 36.0 Å². The lowest BCUT2D eigenvalue weighted by Gasteiger charge is -2.20. The molecule has 5 heteroatoms. The van der Waals surface area contributed by atoms with Crippen LogP contribution < -0.4 is 4.74 Å². The van der Waals surface area contributed by atoms with Gasteiger partial charge in [-0.1, -0.05) is 54.6 Å². The maximum atomic E-state index is 11.3. The summed E-state index contributed by atoms with van der Waals surface area (Å²) < 4.78 is 11.4. The minimum absolute atomic E-state index is 0.305. The highest BCUT2D eigenvalue weighted by Crippen LogP contribution is 2.42. The van der Waals surface area contributed by atoms with Crippen molar-refractivity contribution in [2.24, 2.45) is 0 Å². The van der Waals surface area contributed by atoms with Gasteiger partial charge in [0.2, 0.25) is 0 Å². The van der Waals surface area contributed by atoms with Crippen LogP contribution in [0.5, 0.6) is 5.75 Å². The Morgan fingerprint density at radius 1 is 1.03 bits per heavy atom. The number of hydrogen-bond acceptors (Lipinski definition) is 4. The molecule has 1 heterocycles. The Morgan fingerprint density at radius 2 is 1.75 bits per heavy atom. The molecule has 2 atom stereocenters. The second kappa shape index (κ2) is 10.7. The van der Waals surface area contributed by atoms with Crippen LogP contribution in [0.15, 0.2) is 77.7 Å². The van der Waals surface area contributed by atoms with Crippen LogP contribution in [-0.2, 0) is 21.7 Å². The summed E-state index contributed by atoms with van der Waals surface area (Å²) in [6.45, 7) is 2.79. The Labute approximate surface area is 193 Å². The standard InChI is InChI=1S/C27H28O4S/c1-2-30-25(27(28)29)17-19-11-13-21(14-12-19)31-16-15-23-22-8-4-3-7-20(22)18-32-26-10-6-5-9-24(23)26/h3-14,23,25H,2,15-18H2,1H3,(H,28,29).